The number of carbonyl (C=O) groups is 1. The van der Waals surface area contributed by atoms with Gasteiger partial charge in [-0.2, -0.15) is 0 Å². The highest BCUT2D eigenvalue weighted by molar-refractivity contribution is 6.30. The molecule has 5 heteroatoms. The van der Waals surface area contributed by atoms with Crippen LogP contribution in [0, 0.1) is 0 Å². The molecular formula is C9H6ClN3O. The van der Waals surface area contributed by atoms with Crippen LogP contribution in [-0.2, 0) is 0 Å². The van der Waals surface area contributed by atoms with Crippen LogP contribution in [0.2, 0.25) is 5.02 Å². The van der Waals surface area contributed by atoms with Crippen molar-refractivity contribution in [3.05, 3.63) is 47.8 Å². The maximum Gasteiger partial charge on any atom is 0.281 e. The fourth-order valence-corrected chi connectivity index (χ4v) is 1.13. The van der Waals surface area contributed by atoms with Crippen molar-refractivity contribution < 1.29 is 4.79 Å². The first-order valence-electron chi connectivity index (χ1n) is 3.91. The second-order valence-electron chi connectivity index (χ2n) is 2.64. The molecular weight excluding hydrogens is 202 g/mol. The fourth-order valence-electron chi connectivity index (χ4n) is 1.01. The number of hydrogen-bond donors (Lipinski definition) is 0. The third kappa shape index (κ3) is 1.65. The Morgan fingerprint density at radius 3 is 2.86 bits per heavy atom. The topological polar surface area (TPSA) is 47.8 Å². The van der Waals surface area contributed by atoms with Crippen LogP contribution in [0.3, 0.4) is 0 Å². The number of rotatable bonds is 1. The van der Waals surface area contributed by atoms with Crippen LogP contribution < -0.4 is 0 Å². The number of aromatic nitrogens is 3. The summed E-state index contributed by atoms with van der Waals surface area (Å²) in [6, 6.07) is 3.20. The molecule has 0 radical (unpaired) electrons. The van der Waals surface area contributed by atoms with Gasteiger partial charge in [0, 0.05) is 18.6 Å². The van der Waals surface area contributed by atoms with E-state index in [0.717, 1.165) is 0 Å². The van der Waals surface area contributed by atoms with Crippen LogP contribution in [0.1, 0.15) is 10.5 Å². The fraction of sp³-hybridized carbons (Fsp3) is 0. The normalized spacial score (nSPS) is 10.1. The van der Waals surface area contributed by atoms with Crippen LogP contribution in [0.25, 0.3) is 0 Å². The van der Waals surface area contributed by atoms with Gasteiger partial charge < -0.3 is 0 Å². The maximum atomic E-state index is 11.6. The zero-order valence-electron chi connectivity index (χ0n) is 7.09. The Morgan fingerprint density at radius 1 is 1.43 bits per heavy atom. The standard InChI is InChI=1S/C9H6ClN3O/c10-7-1-2-8(12-5-7)9(14)13-4-3-11-6-13/h1-6H. The first-order valence-corrected chi connectivity index (χ1v) is 4.29. The number of pyridine rings is 1. The van der Waals surface area contributed by atoms with Gasteiger partial charge in [-0.15, -0.1) is 0 Å². The molecule has 14 heavy (non-hydrogen) atoms. The van der Waals surface area contributed by atoms with Crippen molar-refractivity contribution in [1.82, 2.24) is 14.5 Å². The van der Waals surface area contributed by atoms with Crippen LogP contribution in [0.4, 0.5) is 0 Å². The molecule has 70 valence electrons. The quantitative estimate of drug-likeness (QED) is 0.714. The molecule has 0 saturated carbocycles. The third-order valence-corrected chi connectivity index (χ3v) is 1.91. The summed E-state index contributed by atoms with van der Waals surface area (Å²) < 4.78 is 1.36. The van der Waals surface area contributed by atoms with E-state index in [1.54, 1.807) is 18.3 Å². The predicted octanol–water partition coefficient (Wildman–Crippen LogP) is 1.62. The van der Waals surface area contributed by atoms with Gasteiger partial charge in [0.1, 0.15) is 12.0 Å². The molecule has 0 aliphatic heterocycles. The van der Waals surface area contributed by atoms with Crippen molar-refractivity contribution in [3.63, 3.8) is 0 Å². The number of carbonyl (C=O) groups excluding carboxylic acids is 1. The lowest BCUT2D eigenvalue weighted by Crippen LogP contribution is -2.11. The molecule has 0 bridgehead atoms. The number of nitrogens with zero attached hydrogens (tertiary/aromatic N) is 3. The SMILES string of the molecule is O=C(c1ccc(Cl)cn1)n1ccnc1. The van der Waals surface area contributed by atoms with E-state index in [1.165, 1.54) is 23.3 Å². The molecule has 0 fully saturated rings. The minimum atomic E-state index is -0.223. The second kappa shape index (κ2) is 3.59. The lowest BCUT2D eigenvalue weighted by Gasteiger charge is -1.99. The first kappa shape index (κ1) is 8.90. The van der Waals surface area contributed by atoms with Crippen molar-refractivity contribution in [3.8, 4) is 0 Å². The summed E-state index contributed by atoms with van der Waals surface area (Å²) in [5, 5.41) is 0.507. The van der Waals surface area contributed by atoms with E-state index < -0.39 is 0 Å². The van der Waals surface area contributed by atoms with Gasteiger partial charge in [0.25, 0.3) is 5.91 Å². The lowest BCUT2D eigenvalue weighted by molar-refractivity contribution is 0.0955. The van der Waals surface area contributed by atoms with Gasteiger partial charge in [-0.25, -0.2) is 9.97 Å². The predicted molar refractivity (Wildman–Crippen MR) is 51.2 cm³/mol. The summed E-state index contributed by atoms with van der Waals surface area (Å²) in [5.74, 6) is -0.223. The average molecular weight is 208 g/mol. The van der Waals surface area contributed by atoms with Gasteiger partial charge in [0.15, 0.2) is 0 Å². The van der Waals surface area contributed by atoms with Gasteiger partial charge in [-0.1, -0.05) is 11.6 Å². The monoisotopic (exact) mass is 207 g/mol. The van der Waals surface area contributed by atoms with E-state index in [1.807, 2.05) is 0 Å². The Labute approximate surface area is 85.2 Å². The molecule has 0 spiro atoms. The molecule has 0 aliphatic rings. The van der Waals surface area contributed by atoms with Crippen LogP contribution in [0.15, 0.2) is 37.1 Å². The van der Waals surface area contributed by atoms with E-state index in [2.05, 4.69) is 9.97 Å². The highest BCUT2D eigenvalue weighted by Crippen LogP contribution is 2.07. The Morgan fingerprint density at radius 2 is 2.29 bits per heavy atom. The second-order valence-corrected chi connectivity index (χ2v) is 3.07. The van der Waals surface area contributed by atoms with Gasteiger partial charge in [0.05, 0.1) is 5.02 Å². The van der Waals surface area contributed by atoms with Crippen LogP contribution >= 0.6 is 11.6 Å². The molecule has 0 amide bonds. The zero-order valence-corrected chi connectivity index (χ0v) is 7.85. The van der Waals surface area contributed by atoms with Crippen molar-refractivity contribution in [2.75, 3.05) is 0 Å². The van der Waals surface area contributed by atoms with Crippen LogP contribution in [-0.4, -0.2) is 20.4 Å². The highest BCUT2D eigenvalue weighted by atomic mass is 35.5. The van der Waals surface area contributed by atoms with E-state index in [0.29, 0.717) is 10.7 Å². The molecule has 2 aromatic rings. The molecule has 2 heterocycles. The van der Waals surface area contributed by atoms with E-state index in [-0.39, 0.29) is 5.91 Å². The summed E-state index contributed by atoms with van der Waals surface area (Å²) in [4.78, 5) is 19.3. The third-order valence-electron chi connectivity index (χ3n) is 1.69. The summed E-state index contributed by atoms with van der Waals surface area (Å²) >= 11 is 5.65. The van der Waals surface area contributed by atoms with Gasteiger partial charge in [-0.3, -0.25) is 9.36 Å². The molecule has 2 rings (SSSR count). The Kier molecular flexibility index (Phi) is 2.28. The Balaban J connectivity index is 2.33. The Hall–Kier alpha value is -1.68. The van der Waals surface area contributed by atoms with Crippen molar-refractivity contribution in [1.29, 1.82) is 0 Å². The van der Waals surface area contributed by atoms with Crippen LogP contribution in [0.5, 0.6) is 0 Å². The molecule has 0 N–H and O–H groups in total. The molecule has 0 unspecified atom stereocenters. The summed E-state index contributed by atoms with van der Waals surface area (Å²) in [6.07, 6.45) is 5.97. The molecule has 4 nitrogen and oxygen atoms in total. The molecule has 0 atom stereocenters. The zero-order chi connectivity index (χ0) is 9.97. The van der Waals surface area contributed by atoms with Crippen molar-refractivity contribution >= 4 is 17.5 Å². The largest absolute Gasteiger partial charge is 0.281 e. The van der Waals surface area contributed by atoms with Crippen molar-refractivity contribution in [2.45, 2.75) is 0 Å². The number of halogens is 1. The van der Waals surface area contributed by atoms with Gasteiger partial charge in [0.2, 0.25) is 0 Å². The van der Waals surface area contributed by atoms with Gasteiger partial charge in [-0.05, 0) is 12.1 Å². The summed E-state index contributed by atoms with van der Waals surface area (Å²) in [6.45, 7) is 0. The summed E-state index contributed by atoms with van der Waals surface area (Å²) in [5.41, 5.74) is 0.340. The minimum absolute atomic E-state index is 0.223. The van der Waals surface area contributed by atoms with Gasteiger partial charge >= 0.3 is 0 Å². The maximum absolute atomic E-state index is 11.6. The smallest absolute Gasteiger partial charge is 0.271 e. The van der Waals surface area contributed by atoms with E-state index in [4.69, 9.17) is 11.6 Å². The minimum Gasteiger partial charge on any atom is -0.271 e. The first-order chi connectivity index (χ1) is 6.77. The Bertz CT molecular complexity index is 436. The molecule has 0 aromatic carbocycles. The van der Waals surface area contributed by atoms with E-state index >= 15 is 0 Å². The average Bonchev–Trinajstić information content (AvgIpc) is 2.71. The molecule has 0 saturated heterocycles. The number of hydrogen-bond acceptors (Lipinski definition) is 3. The lowest BCUT2D eigenvalue weighted by atomic mass is 10.3. The van der Waals surface area contributed by atoms with Crippen molar-refractivity contribution in [2.24, 2.45) is 0 Å². The molecule has 0 aliphatic carbocycles. The number of imidazole rings is 1. The summed E-state index contributed by atoms with van der Waals surface area (Å²) in [7, 11) is 0. The molecule has 2 aromatic heterocycles. The highest BCUT2D eigenvalue weighted by Gasteiger charge is 2.08. The van der Waals surface area contributed by atoms with E-state index in [9.17, 15) is 4.79 Å².